The van der Waals surface area contributed by atoms with E-state index >= 15 is 0 Å². The third-order valence-electron chi connectivity index (χ3n) is 4.24. The van der Waals surface area contributed by atoms with E-state index in [0.717, 1.165) is 37.4 Å². The summed E-state index contributed by atoms with van der Waals surface area (Å²) in [6.07, 6.45) is 3.96. The molecule has 1 saturated heterocycles. The molecule has 0 bridgehead atoms. The number of piperidine rings is 1. The molecule has 1 aromatic heterocycles. The van der Waals surface area contributed by atoms with E-state index in [1.165, 1.54) is 0 Å². The highest BCUT2D eigenvalue weighted by molar-refractivity contribution is 5.92. The monoisotopic (exact) mass is 310 g/mol. The first kappa shape index (κ1) is 15.5. The van der Waals surface area contributed by atoms with Gasteiger partial charge in [0.2, 0.25) is 5.95 Å². The molecule has 0 atom stereocenters. The van der Waals surface area contributed by atoms with Gasteiger partial charge in [-0.3, -0.25) is 4.79 Å². The Morgan fingerprint density at radius 1 is 1.22 bits per heavy atom. The van der Waals surface area contributed by atoms with Crippen LogP contribution in [0.25, 0.3) is 0 Å². The van der Waals surface area contributed by atoms with Crippen LogP contribution in [0.5, 0.6) is 0 Å². The lowest BCUT2D eigenvalue weighted by atomic mass is 10.00. The normalized spacial score (nSPS) is 15.4. The fraction of sp³-hybridized carbons (Fsp3) is 0.389. The average Bonchev–Trinajstić information content (AvgIpc) is 2.61. The standard InChI is InChI=1S/C18H22N4O/c1-14-8-11-22(12-9-14)18-19-10-7-16(21-18)17(23)20-13-15-5-3-2-4-6-15/h2-7,10,14H,8-9,11-13H2,1H3,(H,20,23). The highest BCUT2D eigenvalue weighted by Crippen LogP contribution is 2.19. The molecular weight excluding hydrogens is 288 g/mol. The van der Waals surface area contributed by atoms with Gasteiger partial charge in [0.05, 0.1) is 0 Å². The Kier molecular flexibility index (Phi) is 4.86. The predicted molar refractivity (Wildman–Crippen MR) is 90.3 cm³/mol. The predicted octanol–water partition coefficient (Wildman–Crippen LogP) is 2.64. The zero-order chi connectivity index (χ0) is 16.1. The number of hydrogen-bond donors (Lipinski definition) is 1. The summed E-state index contributed by atoms with van der Waals surface area (Å²) in [5.74, 6) is 1.25. The molecule has 0 radical (unpaired) electrons. The van der Waals surface area contributed by atoms with Gasteiger partial charge >= 0.3 is 0 Å². The Balaban J connectivity index is 1.63. The number of hydrogen-bond acceptors (Lipinski definition) is 4. The van der Waals surface area contributed by atoms with Gasteiger partial charge in [0.1, 0.15) is 5.69 Å². The van der Waals surface area contributed by atoms with Gasteiger partial charge in [-0.15, -0.1) is 0 Å². The Hall–Kier alpha value is -2.43. The van der Waals surface area contributed by atoms with Crippen molar-refractivity contribution in [2.75, 3.05) is 18.0 Å². The molecule has 0 unspecified atom stereocenters. The van der Waals surface area contributed by atoms with Crippen LogP contribution in [0, 0.1) is 5.92 Å². The molecule has 1 aliphatic rings. The topological polar surface area (TPSA) is 58.1 Å². The molecule has 2 aromatic rings. The molecule has 120 valence electrons. The Bertz CT molecular complexity index is 651. The maximum atomic E-state index is 12.3. The second kappa shape index (κ2) is 7.22. The number of nitrogens with one attached hydrogen (secondary N) is 1. The third kappa shape index (κ3) is 4.06. The average molecular weight is 310 g/mol. The SMILES string of the molecule is CC1CCN(c2nccc(C(=O)NCc3ccccc3)n2)CC1. The minimum Gasteiger partial charge on any atom is -0.347 e. The lowest BCUT2D eigenvalue weighted by molar-refractivity contribution is 0.0946. The highest BCUT2D eigenvalue weighted by Gasteiger charge is 2.19. The lowest BCUT2D eigenvalue weighted by Crippen LogP contribution is -2.34. The van der Waals surface area contributed by atoms with Crippen molar-refractivity contribution in [1.82, 2.24) is 15.3 Å². The molecule has 1 fully saturated rings. The maximum Gasteiger partial charge on any atom is 0.270 e. The molecule has 5 heteroatoms. The van der Waals surface area contributed by atoms with E-state index in [4.69, 9.17) is 0 Å². The Morgan fingerprint density at radius 2 is 1.96 bits per heavy atom. The summed E-state index contributed by atoms with van der Waals surface area (Å²) in [5.41, 5.74) is 1.49. The second-order valence-electron chi connectivity index (χ2n) is 6.08. The molecule has 1 amide bonds. The van der Waals surface area contributed by atoms with Gasteiger partial charge in [-0.05, 0) is 30.4 Å². The molecule has 23 heavy (non-hydrogen) atoms. The zero-order valence-electron chi connectivity index (χ0n) is 13.4. The summed E-state index contributed by atoms with van der Waals surface area (Å²) in [4.78, 5) is 23.2. The maximum absolute atomic E-state index is 12.3. The Morgan fingerprint density at radius 3 is 2.70 bits per heavy atom. The van der Waals surface area contributed by atoms with Gasteiger partial charge in [0, 0.05) is 25.8 Å². The molecule has 1 N–H and O–H groups in total. The number of rotatable bonds is 4. The van der Waals surface area contributed by atoms with Crippen molar-refractivity contribution in [1.29, 1.82) is 0 Å². The second-order valence-corrected chi connectivity index (χ2v) is 6.08. The molecule has 1 aliphatic heterocycles. The van der Waals surface area contributed by atoms with Crippen LogP contribution in [0.2, 0.25) is 0 Å². The number of amides is 1. The van der Waals surface area contributed by atoms with Crippen molar-refractivity contribution in [3.8, 4) is 0 Å². The first-order valence-corrected chi connectivity index (χ1v) is 8.12. The molecule has 0 aliphatic carbocycles. The van der Waals surface area contributed by atoms with E-state index in [2.05, 4.69) is 27.1 Å². The number of carbonyl (C=O) groups excluding carboxylic acids is 1. The van der Waals surface area contributed by atoms with E-state index in [9.17, 15) is 4.79 Å². The van der Waals surface area contributed by atoms with E-state index in [0.29, 0.717) is 18.2 Å². The lowest BCUT2D eigenvalue weighted by Gasteiger charge is -2.30. The van der Waals surface area contributed by atoms with Crippen molar-refractivity contribution in [3.63, 3.8) is 0 Å². The molecule has 5 nitrogen and oxygen atoms in total. The van der Waals surface area contributed by atoms with Gasteiger partial charge in [0.15, 0.2) is 0 Å². The minimum atomic E-state index is -0.164. The van der Waals surface area contributed by atoms with Gasteiger partial charge in [0.25, 0.3) is 5.91 Å². The zero-order valence-corrected chi connectivity index (χ0v) is 13.4. The molecular formula is C18H22N4O. The molecule has 3 rings (SSSR count). The van der Waals surface area contributed by atoms with Crippen molar-refractivity contribution in [2.45, 2.75) is 26.3 Å². The largest absolute Gasteiger partial charge is 0.347 e. The van der Waals surface area contributed by atoms with Crippen molar-refractivity contribution in [2.24, 2.45) is 5.92 Å². The van der Waals surface area contributed by atoms with E-state index in [-0.39, 0.29) is 5.91 Å². The number of anilines is 1. The van der Waals surface area contributed by atoms with Crippen LogP contribution in [-0.2, 0) is 6.54 Å². The summed E-state index contributed by atoms with van der Waals surface area (Å²) in [6, 6.07) is 11.5. The van der Waals surface area contributed by atoms with Crippen LogP contribution in [0.4, 0.5) is 5.95 Å². The van der Waals surface area contributed by atoms with Crippen LogP contribution in [0.3, 0.4) is 0 Å². The summed E-state index contributed by atoms with van der Waals surface area (Å²) in [5, 5.41) is 2.90. The van der Waals surface area contributed by atoms with Crippen LogP contribution < -0.4 is 10.2 Å². The van der Waals surface area contributed by atoms with Gasteiger partial charge in [-0.25, -0.2) is 9.97 Å². The number of nitrogens with zero attached hydrogens (tertiary/aromatic N) is 3. The quantitative estimate of drug-likeness (QED) is 0.943. The molecule has 0 saturated carbocycles. The van der Waals surface area contributed by atoms with E-state index in [1.54, 1.807) is 12.3 Å². The first-order chi connectivity index (χ1) is 11.2. The van der Waals surface area contributed by atoms with E-state index in [1.807, 2.05) is 30.3 Å². The molecule has 0 spiro atoms. The summed E-state index contributed by atoms with van der Waals surface area (Å²) >= 11 is 0. The summed E-state index contributed by atoms with van der Waals surface area (Å²) in [6.45, 7) is 4.68. The van der Waals surface area contributed by atoms with Crippen LogP contribution >= 0.6 is 0 Å². The number of aromatic nitrogens is 2. The summed E-state index contributed by atoms with van der Waals surface area (Å²) < 4.78 is 0. The minimum absolute atomic E-state index is 0.164. The van der Waals surface area contributed by atoms with Crippen molar-refractivity contribution >= 4 is 11.9 Å². The fourth-order valence-corrected chi connectivity index (χ4v) is 2.70. The van der Waals surface area contributed by atoms with E-state index < -0.39 is 0 Å². The van der Waals surface area contributed by atoms with Gasteiger partial charge < -0.3 is 10.2 Å². The molecule has 2 heterocycles. The molecule has 1 aromatic carbocycles. The van der Waals surface area contributed by atoms with Crippen molar-refractivity contribution < 1.29 is 4.79 Å². The smallest absolute Gasteiger partial charge is 0.270 e. The Labute approximate surface area is 136 Å². The fourth-order valence-electron chi connectivity index (χ4n) is 2.70. The van der Waals surface area contributed by atoms with Gasteiger partial charge in [-0.2, -0.15) is 0 Å². The van der Waals surface area contributed by atoms with Crippen LogP contribution in [-0.4, -0.2) is 29.0 Å². The third-order valence-corrected chi connectivity index (χ3v) is 4.24. The highest BCUT2D eigenvalue weighted by atomic mass is 16.1. The van der Waals surface area contributed by atoms with Gasteiger partial charge in [-0.1, -0.05) is 37.3 Å². The van der Waals surface area contributed by atoms with Crippen LogP contribution in [0.1, 0.15) is 35.8 Å². The first-order valence-electron chi connectivity index (χ1n) is 8.12. The van der Waals surface area contributed by atoms with Crippen molar-refractivity contribution in [3.05, 3.63) is 53.9 Å². The number of benzene rings is 1. The van der Waals surface area contributed by atoms with Crippen LogP contribution in [0.15, 0.2) is 42.6 Å². The summed E-state index contributed by atoms with van der Waals surface area (Å²) in [7, 11) is 0. The number of carbonyl (C=O) groups is 1.